The van der Waals surface area contributed by atoms with Gasteiger partial charge in [0.15, 0.2) is 5.82 Å². The van der Waals surface area contributed by atoms with E-state index in [0.29, 0.717) is 51.8 Å². The van der Waals surface area contributed by atoms with Gasteiger partial charge in [-0.25, -0.2) is 8.42 Å². The van der Waals surface area contributed by atoms with Gasteiger partial charge in [0.2, 0.25) is 5.91 Å². The molecule has 3 aromatic carbocycles. The van der Waals surface area contributed by atoms with Gasteiger partial charge in [0.25, 0.3) is 15.9 Å². The summed E-state index contributed by atoms with van der Waals surface area (Å²) in [6, 6.07) is 18.0. The Labute approximate surface area is 326 Å². The number of hydrogen-bond acceptors (Lipinski definition) is 9. The van der Waals surface area contributed by atoms with E-state index < -0.39 is 16.1 Å². The standard InChI is InChI=1S/C39H36ClN9O4S2/c1-21-6-15-30(36-33(21)27(19-41)20-44-36)48-55(52,53)29-13-9-26(10-14-29)38(51)43-17-5-16-42-32(50)18-31-37-47-46-24(4)49(37)39-34(22(2)23(3)54-39)35(45-31)25-7-11-28(40)12-8-25/h6-15,20,31,44,48H,5,16-18H2,1-4H3,(H,42,50)(H,43,51)/t31-/m0/s1. The van der Waals surface area contributed by atoms with Gasteiger partial charge in [-0.1, -0.05) is 29.8 Å². The van der Waals surface area contributed by atoms with E-state index in [1.807, 2.05) is 42.7 Å². The Kier molecular flexibility index (Phi) is 10.3. The molecule has 1 aliphatic rings. The Bertz CT molecular complexity index is 2650. The summed E-state index contributed by atoms with van der Waals surface area (Å²) in [6.07, 6.45) is 2.04. The lowest BCUT2D eigenvalue weighted by molar-refractivity contribution is -0.121. The van der Waals surface area contributed by atoms with Crippen molar-refractivity contribution in [1.29, 1.82) is 5.26 Å². The number of sulfonamides is 1. The van der Waals surface area contributed by atoms with Crippen molar-refractivity contribution in [3.8, 4) is 11.1 Å². The number of carbonyl (C=O) groups is 2. The molecule has 4 heterocycles. The molecule has 0 spiro atoms. The smallest absolute Gasteiger partial charge is 0.261 e. The van der Waals surface area contributed by atoms with Gasteiger partial charge < -0.3 is 15.6 Å². The summed E-state index contributed by atoms with van der Waals surface area (Å²) in [6.45, 7) is 8.46. The van der Waals surface area contributed by atoms with E-state index in [1.165, 1.54) is 24.3 Å². The molecule has 1 atom stereocenters. The number of nitrogens with one attached hydrogen (secondary N) is 4. The highest BCUT2D eigenvalue weighted by molar-refractivity contribution is 7.92. The fraction of sp³-hybridized carbons (Fsp3) is 0.231. The number of aryl methyl sites for hydroxylation is 3. The van der Waals surface area contributed by atoms with Crippen LogP contribution in [0.3, 0.4) is 0 Å². The number of halogens is 1. The maximum Gasteiger partial charge on any atom is 0.261 e. The summed E-state index contributed by atoms with van der Waals surface area (Å²) >= 11 is 7.85. The summed E-state index contributed by atoms with van der Waals surface area (Å²) in [5.41, 5.74) is 6.09. The minimum atomic E-state index is -4.00. The molecule has 0 fully saturated rings. The number of nitriles is 1. The molecule has 2 amide bonds. The molecule has 280 valence electrons. The summed E-state index contributed by atoms with van der Waals surface area (Å²) in [5.74, 6) is 0.687. The van der Waals surface area contributed by atoms with Crippen LogP contribution in [0.1, 0.15) is 73.6 Å². The van der Waals surface area contributed by atoms with E-state index in [1.54, 1.807) is 29.7 Å². The molecular weight excluding hydrogens is 758 g/mol. The molecule has 3 aromatic heterocycles. The molecule has 0 saturated carbocycles. The van der Waals surface area contributed by atoms with Crippen molar-refractivity contribution in [2.45, 2.75) is 51.5 Å². The zero-order valence-electron chi connectivity index (χ0n) is 30.3. The number of H-pyrrole nitrogens is 1. The molecule has 55 heavy (non-hydrogen) atoms. The van der Waals surface area contributed by atoms with Crippen LogP contribution in [0.2, 0.25) is 5.02 Å². The van der Waals surface area contributed by atoms with Gasteiger partial charge >= 0.3 is 0 Å². The number of amides is 2. The Balaban J connectivity index is 0.956. The first-order chi connectivity index (χ1) is 26.4. The minimum Gasteiger partial charge on any atom is -0.358 e. The highest BCUT2D eigenvalue weighted by Crippen LogP contribution is 2.39. The zero-order chi connectivity index (χ0) is 39.0. The second kappa shape index (κ2) is 15.1. The fourth-order valence-electron chi connectivity index (χ4n) is 6.58. The largest absolute Gasteiger partial charge is 0.358 e. The van der Waals surface area contributed by atoms with Crippen LogP contribution in [0.5, 0.6) is 0 Å². The Morgan fingerprint density at radius 2 is 1.71 bits per heavy atom. The molecule has 0 unspecified atom stereocenters. The lowest BCUT2D eigenvalue weighted by Gasteiger charge is -2.13. The molecule has 1 aliphatic heterocycles. The van der Waals surface area contributed by atoms with Gasteiger partial charge in [-0.05, 0) is 87.7 Å². The van der Waals surface area contributed by atoms with Crippen LogP contribution < -0.4 is 15.4 Å². The SMILES string of the molecule is Cc1sc2c(c1C)C(c1ccc(Cl)cc1)=N[C@@H](CC(=O)NCCCNC(=O)c1ccc(S(=O)(=O)Nc3ccc(C)c4c(C#N)c[nH]c34)cc1)c1nnc(C)n1-2. The summed E-state index contributed by atoms with van der Waals surface area (Å²) < 4.78 is 31.0. The molecule has 0 saturated heterocycles. The lowest BCUT2D eigenvalue weighted by atomic mass is 9.99. The molecule has 0 bridgehead atoms. The molecule has 13 nitrogen and oxygen atoms in total. The highest BCUT2D eigenvalue weighted by atomic mass is 35.5. The molecule has 16 heteroatoms. The number of nitrogens with zero attached hydrogens (tertiary/aromatic N) is 5. The third kappa shape index (κ3) is 7.36. The van der Waals surface area contributed by atoms with Crippen molar-refractivity contribution in [2.24, 2.45) is 4.99 Å². The van der Waals surface area contributed by atoms with Gasteiger partial charge in [0, 0.05) is 51.3 Å². The van der Waals surface area contributed by atoms with Gasteiger partial charge in [-0.15, -0.1) is 21.5 Å². The number of carbonyl (C=O) groups excluding carboxylic acids is 2. The Morgan fingerprint density at radius 1 is 0.982 bits per heavy atom. The molecular formula is C39H36ClN9O4S2. The number of aromatic nitrogens is 4. The third-order valence-electron chi connectivity index (χ3n) is 9.53. The number of benzene rings is 3. The molecule has 0 aliphatic carbocycles. The van der Waals surface area contributed by atoms with Crippen LogP contribution in [-0.4, -0.2) is 58.8 Å². The first-order valence-corrected chi connectivity index (χ1v) is 20.1. The Morgan fingerprint density at radius 3 is 2.44 bits per heavy atom. The van der Waals surface area contributed by atoms with E-state index in [4.69, 9.17) is 16.6 Å². The quantitative estimate of drug-likeness (QED) is 0.107. The maximum absolute atomic E-state index is 13.3. The topological polar surface area (TPSA) is 187 Å². The molecule has 0 radical (unpaired) electrons. The number of aliphatic imine (C=N–C) groups is 1. The first kappa shape index (κ1) is 37.5. The number of aromatic amines is 1. The maximum atomic E-state index is 13.3. The van der Waals surface area contributed by atoms with Crippen molar-refractivity contribution in [3.63, 3.8) is 0 Å². The minimum absolute atomic E-state index is 0.0277. The van der Waals surface area contributed by atoms with Crippen LogP contribution in [-0.2, 0) is 14.8 Å². The predicted octanol–water partition coefficient (Wildman–Crippen LogP) is 6.59. The Hall–Kier alpha value is -5.82. The normalized spacial score (nSPS) is 13.7. The van der Waals surface area contributed by atoms with Crippen LogP contribution in [0.15, 0.2) is 76.7 Å². The van der Waals surface area contributed by atoms with Crippen molar-refractivity contribution in [2.75, 3.05) is 17.8 Å². The van der Waals surface area contributed by atoms with Gasteiger partial charge in [0.05, 0.1) is 33.8 Å². The summed E-state index contributed by atoms with van der Waals surface area (Å²) in [4.78, 5) is 35.4. The number of thiophene rings is 1. The molecule has 6 aromatic rings. The van der Waals surface area contributed by atoms with Crippen molar-refractivity contribution < 1.29 is 18.0 Å². The van der Waals surface area contributed by atoms with Crippen LogP contribution in [0.25, 0.3) is 15.9 Å². The zero-order valence-corrected chi connectivity index (χ0v) is 32.7. The van der Waals surface area contributed by atoms with Gasteiger partial charge in [0.1, 0.15) is 22.9 Å². The van der Waals surface area contributed by atoms with Crippen molar-refractivity contribution in [1.82, 2.24) is 30.4 Å². The summed E-state index contributed by atoms with van der Waals surface area (Å²) in [5, 5.41) is 26.2. The monoisotopic (exact) mass is 793 g/mol. The number of anilines is 1. The molecule has 7 rings (SSSR count). The van der Waals surface area contributed by atoms with Gasteiger partial charge in [-0.2, -0.15) is 5.26 Å². The molecule has 4 N–H and O–H groups in total. The number of rotatable bonds is 11. The number of hydrogen-bond donors (Lipinski definition) is 4. The average molecular weight is 794 g/mol. The first-order valence-electron chi connectivity index (χ1n) is 17.4. The van der Waals surface area contributed by atoms with E-state index in [9.17, 15) is 23.3 Å². The van der Waals surface area contributed by atoms with Gasteiger partial charge in [-0.3, -0.25) is 23.9 Å². The summed E-state index contributed by atoms with van der Waals surface area (Å²) in [7, 11) is -4.00. The fourth-order valence-corrected chi connectivity index (χ4v) is 8.99. The number of fused-ring (bicyclic) bond motifs is 4. The second-order valence-electron chi connectivity index (χ2n) is 13.2. The average Bonchev–Trinajstić information content (AvgIpc) is 3.84. The second-order valence-corrected chi connectivity index (χ2v) is 16.5. The van der Waals surface area contributed by atoms with E-state index in [-0.39, 0.29) is 35.2 Å². The van der Waals surface area contributed by atoms with E-state index in [2.05, 4.69) is 50.5 Å². The van der Waals surface area contributed by atoms with Crippen molar-refractivity contribution >= 4 is 67.1 Å². The van der Waals surface area contributed by atoms with Crippen molar-refractivity contribution in [3.05, 3.63) is 122 Å². The van der Waals surface area contributed by atoms with Crippen LogP contribution >= 0.6 is 22.9 Å². The van der Waals surface area contributed by atoms with Crippen LogP contribution in [0, 0.1) is 39.0 Å². The van der Waals surface area contributed by atoms with Crippen LogP contribution in [0.4, 0.5) is 5.69 Å². The van der Waals surface area contributed by atoms with E-state index in [0.717, 1.165) is 37.8 Å². The lowest BCUT2D eigenvalue weighted by Crippen LogP contribution is -2.30. The van der Waals surface area contributed by atoms with E-state index >= 15 is 0 Å². The highest BCUT2D eigenvalue weighted by Gasteiger charge is 2.32. The predicted molar refractivity (Wildman–Crippen MR) is 213 cm³/mol. The third-order valence-corrected chi connectivity index (χ3v) is 12.4.